The zero-order chi connectivity index (χ0) is 19.4. The van der Waals surface area contributed by atoms with Gasteiger partial charge in [0, 0.05) is 22.5 Å². The van der Waals surface area contributed by atoms with Crippen molar-refractivity contribution in [1.82, 2.24) is 4.90 Å². The van der Waals surface area contributed by atoms with E-state index in [0.29, 0.717) is 13.0 Å². The number of hydrogen-bond donors (Lipinski definition) is 1. The summed E-state index contributed by atoms with van der Waals surface area (Å²) in [5.41, 5.74) is 1.22. The van der Waals surface area contributed by atoms with Gasteiger partial charge in [0.2, 0.25) is 0 Å². The summed E-state index contributed by atoms with van der Waals surface area (Å²) in [6.07, 6.45) is 6.96. The molecule has 27 heavy (non-hydrogen) atoms. The highest BCUT2D eigenvalue weighted by molar-refractivity contribution is 7.98. The Hall–Kier alpha value is -1.05. The average molecular weight is 412 g/mol. The van der Waals surface area contributed by atoms with Crippen LogP contribution in [0.3, 0.4) is 0 Å². The Kier molecular flexibility index (Phi) is 6.87. The molecule has 0 radical (unpaired) electrons. The summed E-state index contributed by atoms with van der Waals surface area (Å²) in [6, 6.07) is 8.58. The molecule has 2 aliphatic rings. The summed E-state index contributed by atoms with van der Waals surface area (Å²) in [5.74, 6) is 0.477. The van der Waals surface area contributed by atoms with Crippen LogP contribution in [-0.2, 0) is 21.2 Å². The van der Waals surface area contributed by atoms with Crippen LogP contribution in [0.4, 0.5) is 0 Å². The van der Waals surface area contributed by atoms with Gasteiger partial charge < -0.3 is 9.80 Å². The van der Waals surface area contributed by atoms with Crippen molar-refractivity contribution in [3.05, 3.63) is 29.8 Å². The Labute approximate surface area is 167 Å². The lowest BCUT2D eigenvalue weighted by Gasteiger charge is -2.34. The van der Waals surface area contributed by atoms with Crippen LogP contribution in [0.25, 0.3) is 0 Å². The Morgan fingerprint density at radius 2 is 1.81 bits per heavy atom. The van der Waals surface area contributed by atoms with Gasteiger partial charge in [-0.15, -0.1) is 11.8 Å². The highest BCUT2D eigenvalue weighted by Gasteiger charge is 2.39. The first kappa shape index (κ1) is 20.7. The van der Waals surface area contributed by atoms with Crippen LogP contribution in [-0.4, -0.2) is 62.7 Å². The van der Waals surface area contributed by atoms with Crippen molar-refractivity contribution in [2.45, 2.75) is 55.6 Å². The van der Waals surface area contributed by atoms with Crippen molar-refractivity contribution in [3.8, 4) is 0 Å². The van der Waals surface area contributed by atoms with Crippen LogP contribution < -0.4 is 4.90 Å². The summed E-state index contributed by atoms with van der Waals surface area (Å²) in [4.78, 5) is 17.5. The summed E-state index contributed by atoms with van der Waals surface area (Å²) < 4.78 is 23.9. The fraction of sp³-hybridized carbons (Fsp3) is 0.650. The van der Waals surface area contributed by atoms with Gasteiger partial charge in [-0.3, -0.25) is 4.79 Å². The molecule has 1 aliphatic heterocycles. The third kappa shape index (κ3) is 5.48. The lowest BCUT2D eigenvalue weighted by molar-refractivity contribution is -0.885. The number of carbonyl (C=O) groups excluding carboxylic acids is 1. The molecule has 1 heterocycles. The highest BCUT2D eigenvalue weighted by atomic mass is 32.2. The van der Waals surface area contributed by atoms with Crippen LogP contribution >= 0.6 is 11.8 Å². The lowest BCUT2D eigenvalue weighted by atomic mass is 10.1. The predicted molar refractivity (Wildman–Crippen MR) is 110 cm³/mol. The molecule has 1 aliphatic carbocycles. The monoisotopic (exact) mass is 411 g/mol. The number of sulfone groups is 1. The zero-order valence-corrected chi connectivity index (χ0v) is 17.9. The van der Waals surface area contributed by atoms with Gasteiger partial charge in [-0.25, -0.2) is 8.42 Å². The van der Waals surface area contributed by atoms with Crippen LogP contribution in [0.5, 0.6) is 0 Å². The first-order chi connectivity index (χ1) is 12.9. The predicted octanol–water partition coefficient (Wildman–Crippen LogP) is 1.38. The average Bonchev–Trinajstić information content (AvgIpc) is 3.26. The van der Waals surface area contributed by atoms with Crippen molar-refractivity contribution < 1.29 is 18.1 Å². The SMILES string of the molecule is CSc1ccc(C[NH+](C)CC(=O)N(C2CCCC2)[C@H]2CCS(=O)(=O)C2)cc1. The van der Waals surface area contributed by atoms with E-state index in [9.17, 15) is 13.2 Å². The van der Waals surface area contributed by atoms with E-state index in [4.69, 9.17) is 0 Å². The van der Waals surface area contributed by atoms with Gasteiger partial charge in [0.25, 0.3) is 5.91 Å². The number of quaternary nitrogens is 1. The third-order valence-electron chi connectivity index (χ3n) is 5.73. The molecular weight excluding hydrogens is 380 g/mol. The normalized spacial score (nSPS) is 23.4. The highest BCUT2D eigenvalue weighted by Crippen LogP contribution is 2.29. The maximum absolute atomic E-state index is 13.1. The first-order valence-electron chi connectivity index (χ1n) is 9.84. The Morgan fingerprint density at radius 3 is 2.37 bits per heavy atom. The Balaban J connectivity index is 1.64. The fourth-order valence-corrected chi connectivity index (χ4v) is 6.51. The minimum atomic E-state index is -2.99. The smallest absolute Gasteiger partial charge is 0.278 e. The molecule has 5 nitrogen and oxygen atoms in total. The number of nitrogens with one attached hydrogen (secondary N) is 1. The van der Waals surface area contributed by atoms with Gasteiger partial charge in [0.15, 0.2) is 16.4 Å². The third-order valence-corrected chi connectivity index (χ3v) is 8.22. The van der Waals surface area contributed by atoms with Gasteiger partial charge in [0.05, 0.1) is 18.6 Å². The number of likely N-dealkylation sites (N-methyl/N-ethyl adjacent to an activating group) is 1. The number of hydrogen-bond acceptors (Lipinski definition) is 4. The molecule has 150 valence electrons. The molecule has 0 spiro atoms. The molecule has 0 bridgehead atoms. The Bertz CT molecular complexity index is 743. The number of benzene rings is 1. The van der Waals surface area contributed by atoms with E-state index >= 15 is 0 Å². The zero-order valence-electron chi connectivity index (χ0n) is 16.3. The van der Waals surface area contributed by atoms with Crippen molar-refractivity contribution in [2.75, 3.05) is 31.4 Å². The molecule has 1 aromatic carbocycles. The summed E-state index contributed by atoms with van der Waals surface area (Å²) >= 11 is 1.72. The van der Waals surface area contributed by atoms with Crippen LogP contribution in [0, 0.1) is 0 Å². The van der Waals surface area contributed by atoms with E-state index in [-0.39, 0.29) is 29.5 Å². The van der Waals surface area contributed by atoms with Gasteiger partial charge in [-0.1, -0.05) is 25.0 Å². The number of carbonyl (C=O) groups is 1. The largest absolute Gasteiger partial charge is 0.331 e. The minimum Gasteiger partial charge on any atom is -0.331 e. The number of thioether (sulfide) groups is 1. The fourth-order valence-electron chi connectivity index (χ4n) is 4.39. The lowest BCUT2D eigenvalue weighted by Crippen LogP contribution is -3.09. The van der Waals surface area contributed by atoms with Gasteiger partial charge >= 0.3 is 0 Å². The second kappa shape index (κ2) is 8.97. The molecule has 7 heteroatoms. The molecule has 3 rings (SSSR count). The van der Waals surface area contributed by atoms with Crippen LogP contribution in [0.15, 0.2) is 29.2 Å². The van der Waals surface area contributed by atoms with Gasteiger partial charge in [-0.2, -0.15) is 0 Å². The molecule has 1 saturated heterocycles. The molecule has 1 aromatic rings. The molecule has 0 aromatic heterocycles. The minimum absolute atomic E-state index is 0.113. The molecule has 2 atom stereocenters. The van der Waals surface area contributed by atoms with Crippen molar-refractivity contribution in [3.63, 3.8) is 0 Å². The number of amides is 1. The maximum atomic E-state index is 13.1. The van der Waals surface area contributed by atoms with Crippen LogP contribution in [0.2, 0.25) is 0 Å². The second-order valence-corrected chi connectivity index (χ2v) is 11.1. The summed E-state index contributed by atoms with van der Waals surface area (Å²) in [6.45, 7) is 1.21. The topological polar surface area (TPSA) is 58.9 Å². The molecule has 2 fully saturated rings. The van der Waals surface area contributed by atoms with Crippen LogP contribution in [0.1, 0.15) is 37.7 Å². The van der Waals surface area contributed by atoms with Crippen molar-refractivity contribution in [1.29, 1.82) is 0 Å². The Morgan fingerprint density at radius 1 is 1.15 bits per heavy atom. The van der Waals surface area contributed by atoms with E-state index in [0.717, 1.165) is 37.1 Å². The quantitative estimate of drug-likeness (QED) is 0.689. The van der Waals surface area contributed by atoms with E-state index in [1.807, 2.05) is 11.9 Å². The van der Waals surface area contributed by atoms with E-state index in [1.54, 1.807) is 11.8 Å². The van der Waals surface area contributed by atoms with E-state index in [1.165, 1.54) is 10.5 Å². The summed E-state index contributed by atoms with van der Waals surface area (Å²) in [5, 5.41) is 0. The van der Waals surface area contributed by atoms with Gasteiger partial charge in [0.1, 0.15) is 6.54 Å². The molecule has 1 unspecified atom stereocenters. The second-order valence-electron chi connectivity index (χ2n) is 7.95. The summed E-state index contributed by atoms with van der Waals surface area (Å²) in [7, 11) is -0.950. The van der Waals surface area contributed by atoms with E-state index in [2.05, 4.69) is 30.5 Å². The molecule has 1 saturated carbocycles. The first-order valence-corrected chi connectivity index (χ1v) is 12.9. The standard InChI is InChI=1S/C20H30N2O3S2/c1-21(13-16-7-9-19(26-2)10-8-16)14-20(23)22(17-5-3-4-6-17)18-11-12-27(24,25)15-18/h7-10,17-18H,3-6,11-15H2,1-2H3/p+1/t18-/m0/s1. The number of nitrogens with zero attached hydrogens (tertiary/aromatic N) is 1. The van der Waals surface area contributed by atoms with E-state index < -0.39 is 9.84 Å². The maximum Gasteiger partial charge on any atom is 0.278 e. The molecular formula is C20H31N2O3S2+. The van der Waals surface area contributed by atoms with Gasteiger partial charge in [-0.05, 0) is 37.7 Å². The molecule has 1 N–H and O–H groups in total. The molecule has 1 amide bonds. The van der Waals surface area contributed by atoms with Crippen molar-refractivity contribution in [2.24, 2.45) is 0 Å². The number of rotatable bonds is 7. The van der Waals surface area contributed by atoms with Crippen molar-refractivity contribution >= 4 is 27.5 Å².